The van der Waals surface area contributed by atoms with Crippen molar-refractivity contribution in [2.24, 2.45) is 11.8 Å². The molecule has 1 saturated heterocycles. The normalized spacial score (nSPS) is 22.1. The van der Waals surface area contributed by atoms with Gasteiger partial charge in [0.1, 0.15) is 0 Å². The van der Waals surface area contributed by atoms with Crippen LogP contribution < -0.4 is 0 Å². The number of fused-ring (bicyclic) bond motifs is 1. The largest absolute Gasteiger partial charge is 0.396 e. The molecule has 0 saturated carbocycles. The number of aromatic nitrogens is 2. The summed E-state index contributed by atoms with van der Waals surface area (Å²) in [7, 11) is 0. The summed E-state index contributed by atoms with van der Waals surface area (Å²) in [6, 6.07) is 5.31. The highest BCUT2D eigenvalue weighted by molar-refractivity contribution is 6.35. The van der Waals surface area contributed by atoms with Gasteiger partial charge in [-0.3, -0.25) is 4.79 Å². The summed E-state index contributed by atoms with van der Waals surface area (Å²) < 4.78 is 1.80. The van der Waals surface area contributed by atoms with Crippen LogP contribution in [0.2, 0.25) is 10.0 Å². The molecule has 5 nitrogen and oxygen atoms in total. The standard InChI is InChI=1S/C19H21Cl2N3O2/c1-11-8-23(9-12(11)10-25)19(26)18-14-3-2-4-16(14)24(22-18)17-6-5-13(20)7-15(17)21/h5-7,11-12,25H,2-4,8-10H2,1H3/t11-,12+/m1/s1. The molecule has 2 aliphatic rings. The molecule has 1 aliphatic heterocycles. The number of hydrogen-bond acceptors (Lipinski definition) is 3. The van der Waals surface area contributed by atoms with Crippen LogP contribution in [0.5, 0.6) is 0 Å². The fourth-order valence-corrected chi connectivity index (χ4v) is 4.54. The van der Waals surface area contributed by atoms with Gasteiger partial charge in [-0.25, -0.2) is 4.68 Å². The van der Waals surface area contributed by atoms with Crippen molar-refractivity contribution in [3.05, 3.63) is 45.2 Å². The highest BCUT2D eigenvalue weighted by Gasteiger charge is 2.36. The van der Waals surface area contributed by atoms with Crippen molar-refractivity contribution in [2.45, 2.75) is 26.2 Å². The lowest BCUT2D eigenvalue weighted by Gasteiger charge is -2.15. The van der Waals surface area contributed by atoms with Crippen LogP contribution in [0.1, 0.15) is 35.1 Å². The zero-order valence-corrected chi connectivity index (χ0v) is 16.1. The van der Waals surface area contributed by atoms with Gasteiger partial charge >= 0.3 is 0 Å². The molecule has 26 heavy (non-hydrogen) atoms. The van der Waals surface area contributed by atoms with Crippen LogP contribution in [0.3, 0.4) is 0 Å². The quantitative estimate of drug-likeness (QED) is 0.869. The van der Waals surface area contributed by atoms with Crippen LogP contribution in [-0.2, 0) is 12.8 Å². The molecule has 138 valence electrons. The van der Waals surface area contributed by atoms with Crippen molar-refractivity contribution < 1.29 is 9.90 Å². The number of likely N-dealkylation sites (tertiary alicyclic amines) is 1. The highest BCUT2D eigenvalue weighted by atomic mass is 35.5. The second kappa shape index (κ2) is 6.87. The van der Waals surface area contributed by atoms with E-state index in [2.05, 4.69) is 12.0 Å². The van der Waals surface area contributed by atoms with E-state index in [1.165, 1.54) is 0 Å². The molecule has 0 spiro atoms. The summed E-state index contributed by atoms with van der Waals surface area (Å²) in [5.41, 5.74) is 3.36. The topological polar surface area (TPSA) is 58.4 Å². The Morgan fingerprint density at radius 2 is 2.12 bits per heavy atom. The Labute approximate surface area is 162 Å². The Hall–Kier alpha value is -1.56. The first-order valence-corrected chi connectivity index (χ1v) is 9.71. The number of aliphatic hydroxyl groups excluding tert-OH is 1. The lowest BCUT2D eigenvalue weighted by atomic mass is 10.00. The Bertz CT molecular complexity index is 865. The molecule has 1 aliphatic carbocycles. The molecule has 4 rings (SSSR count). The zero-order valence-electron chi connectivity index (χ0n) is 14.6. The summed E-state index contributed by atoms with van der Waals surface area (Å²) in [6.07, 6.45) is 2.74. The van der Waals surface area contributed by atoms with E-state index in [0.717, 1.165) is 36.2 Å². The Balaban J connectivity index is 1.72. The fraction of sp³-hybridized carbons (Fsp3) is 0.474. The smallest absolute Gasteiger partial charge is 0.274 e. The van der Waals surface area contributed by atoms with Crippen molar-refractivity contribution in [1.82, 2.24) is 14.7 Å². The third-order valence-electron chi connectivity index (χ3n) is 5.56. The van der Waals surface area contributed by atoms with E-state index >= 15 is 0 Å². The van der Waals surface area contributed by atoms with E-state index < -0.39 is 0 Å². The molecular weight excluding hydrogens is 373 g/mol. The minimum Gasteiger partial charge on any atom is -0.396 e. The first-order valence-electron chi connectivity index (χ1n) is 8.96. The molecule has 7 heteroatoms. The maximum absolute atomic E-state index is 13.1. The number of hydrogen-bond donors (Lipinski definition) is 1. The average Bonchev–Trinajstić information content (AvgIpc) is 3.29. The van der Waals surface area contributed by atoms with Crippen molar-refractivity contribution in [1.29, 1.82) is 0 Å². The average molecular weight is 394 g/mol. The molecule has 1 aromatic carbocycles. The number of benzene rings is 1. The Morgan fingerprint density at radius 3 is 2.81 bits per heavy atom. The highest BCUT2D eigenvalue weighted by Crippen LogP contribution is 2.33. The summed E-state index contributed by atoms with van der Waals surface area (Å²) >= 11 is 12.4. The maximum atomic E-state index is 13.1. The van der Waals surface area contributed by atoms with Crippen LogP contribution in [0.25, 0.3) is 5.69 Å². The second-order valence-electron chi connectivity index (χ2n) is 7.27. The minimum atomic E-state index is -0.0465. The van der Waals surface area contributed by atoms with Crippen molar-refractivity contribution in [2.75, 3.05) is 19.7 Å². The fourth-order valence-electron chi connectivity index (χ4n) is 4.05. The van der Waals surface area contributed by atoms with Gasteiger partial charge in [-0.15, -0.1) is 0 Å². The van der Waals surface area contributed by atoms with Gasteiger partial charge in [0, 0.05) is 41.9 Å². The predicted octanol–water partition coefficient (Wildman–Crippen LogP) is 3.37. The molecule has 1 amide bonds. The van der Waals surface area contributed by atoms with Crippen molar-refractivity contribution in [3.63, 3.8) is 0 Å². The molecule has 0 radical (unpaired) electrons. The van der Waals surface area contributed by atoms with E-state index in [1.807, 2.05) is 11.0 Å². The number of halogens is 2. The number of carbonyl (C=O) groups is 1. The Kier molecular flexibility index (Phi) is 4.71. The van der Waals surface area contributed by atoms with E-state index in [0.29, 0.717) is 34.7 Å². The van der Waals surface area contributed by atoms with Crippen LogP contribution in [0, 0.1) is 11.8 Å². The van der Waals surface area contributed by atoms with Gasteiger partial charge in [0.15, 0.2) is 5.69 Å². The molecule has 0 unspecified atom stereocenters. The number of aliphatic hydroxyl groups is 1. The molecule has 1 N–H and O–H groups in total. The SMILES string of the molecule is C[C@@H]1CN(C(=O)c2nn(-c3ccc(Cl)cc3Cl)c3c2CCC3)C[C@H]1CO. The van der Waals surface area contributed by atoms with Gasteiger partial charge in [0.05, 0.1) is 10.7 Å². The molecule has 2 aromatic rings. The van der Waals surface area contributed by atoms with Crippen LogP contribution >= 0.6 is 23.2 Å². The summed E-state index contributed by atoms with van der Waals surface area (Å²) in [5, 5.41) is 15.2. The van der Waals surface area contributed by atoms with E-state index in [-0.39, 0.29) is 18.4 Å². The summed E-state index contributed by atoms with van der Waals surface area (Å²) in [6.45, 7) is 3.43. The van der Waals surface area contributed by atoms with Gasteiger partial charge in [-0.2, -0.15) is 5.10 Å². The molecule has 0 bridgehead atoms. The number of amides is 1. The van der Waals surface area contributed by atoms with Crippen molar-refractivity contribution in [3.8, 4) is 5.69 Å². The summed E-state index contributed by atoms with van der Waals surface area (Å²) in [4.78, 5) is 14.9. The lowest BCUT2D eigenvalue weighted by molar-refractivity contribution is 0.0773. The van der Waals surface area contributed by atoms with E-state index in [4.69, 9.17) is 23.2 Å². The molecular formula is C19H21Cl2N3O2. The van der Waals surface area contributed by atoms with E-state index in [9.17, 15) is 9.90 Å². The third-order valence-corrected chi connectivity index (χ3v) is 6.10. The minimum absolute atomic E-state index is 0.0465. The lowest BCUT2D eigenvalue weighted by Crippen LogP contribution is -2.30. The number of rotatable bonds is 3. The zero-order chi connectivity index (χ0) is 18.4. The molecule has 1 fully saturated rings. The molecule has 2 atom stereocenters. The van der Waals surface area contributed by atoms with Crippen molar-refractivity contribution >= 4 is 29.1 Å². The van der Waals surface area contributed by atoms with Gasteiger partial charge in [0.2, 0.25) is 0 Å². The van der Waals surface area contributed by atoms with Crippen LogP contribution in [-0.4, -0.2) is 45.4 Å². The predicted molar refractivity (Wildman–Crippen MR) is 101 cm³/mol. The molecule has 1 aromatic heterocycles. The van der Waals surface area contributed by atoms with Crippen LogP contribution in [0.15, 0.2) is 18.2 Å². The third kappa shape index (κ3) is 2.92. The first-order chi connectivity index (χ1) is 12.5. The van der Waals surface area contributed by atoms with Crippen LogP contribution in [0.4, 0.5) is 0 Å². The van der Waals surface area contributed by atoms with Gasteiger partial charge in [-0.1, -0.05) is 30.1 Å². The second-order valence-corrected chi connectivity index (χ2v) is 8.11. The van der Waals surface area contributed by atoms with E-state index in [1.54, 1.807) is 16.8 Å². The first kappa shape index (κ1) is 17.8. The number of nitrogens with zero attached hydrogens (tertiary/aromatic N) is 3. The monoisotopic (exact) mass is 393 g/mol. The molecule has 2 heterocycles. The van der Waals surface area contributed by atoms with Gasteiger partial charge < -0.3 is 10.0 Å². The summed E-state index contributed by atoms with van der Waals surface area (Å²) in [5.74, 6) is 0.388. The maximum Gasteiger partial charge on any atom is 0.274 e. The van der Waals surface area contributed by atoms with Gasteiger partial charge in [0.25, 0.3) is 5.91 Å². The Morgan fingerprint density at radius 1 is 1.31 bits per heavy atom. The number of carbonyl (C=O) groups excluding carboxylic acids is 1. The van der Waals surface area contributed by atoms with Gasteiger partial charge in [-0.05, 0) is 43.4 Å².